The van der Waals surface area contributed by atoms with Crippen molar-refractivity contribution in [2.75, 3.05) is 26.2 Å². The summed E-state index contributed by atoms with van der Waals surface area (Å²) in [5.74, 6) is -0.628. The first kappa shape index (κ1) is 17.9. The summed E-state index contributed by atoms with van der Waals surface area (Å²) in [4.78, 5) is 25.9. The predicted octanol–water partition coefficient (Wildman–Crippen LogP) is 2.77. The van der Waals surface area contributed by atoms with E-state index in [1.54, 1.807) is 0 Å². The number of nitrogens with zero attached hydrogens (tertiary/aromatic N) is 2. The molecule has 0 spiro atoms. The average Bonchev–Trinajstić information content (AvgIpc) is 2.68. The highest BCUT2D eigenvalue weighted by atomic mass is 16.5. The summed E-state index contributed by atoms with van der Waals surface area (Å²) >= 11 is 0. The minimum absolute atomic E-state index is 0.183. The van der Waals surface area contributed by atoms with Crippen molar-refractivity contribution in [2.24, 2.45) is 0 Å². The number of carboxylic acid groups (broad SMARTS) is 1. The van der Waals surface area contributed by atoms with Crippen molar-refractivity contribution >= 4 is 11.9 Å². The van der Waals surface area contributed by atoms with E-state index < -0.39 is 11.9 Å². The van der Waals surface area contributed by atoms with Gasteiger partial charge in [-0.1, -0.05) is 30.3 Å². The monoisotopic (exact) mass is 354 g/mol. The molecule has 1 fully saturated rings. The summed E-state index contributed by atoms with van der Waals surface area (Å²) in [5.41, 5.74) is 1.16. The van der Waals surface area contributed by atoms with Crippen LogP contribution in [-0.4, -0.2) is 53.0 Å². The number of carbonyl (C=O) groups is 2. The molecule has 1 atom stereocenters. The Morgan fingerprint density at radius 3 is 2.08 bits per heavy atom. The van der Waals surface area contributed by atoms with E-state index in [0.29, 0.717) is 26.2 Å². The number of amides is 1. The Bertz CT molecular complexity index is 753. The lowest BCUT2D eigenvalue weighted by atomic mass is 10.1. The molecule has 0 aromatic heterocycles. The van der Waals surface area contributed by atoms with Crippen molar-refractivity contribution in [3.05, 3.63) is 60.2 Å². The van der Waals surface area contributed by atoms with E-state index in [1.165, 1.54) is 4.90 Å². The third kappa shape index (κ3) is 4.21. The smallest absolute Gasteiger partial charge is 0.394 e. The standard InChI is InChI=1S/C20H22N2O4/c1-15(21-11-13-22(14-12-21)19(23)20(24)25)16-7-9-18(10-8-16)26-17-5-3-2-4-6-17/h2-10,15H,11-14H2,1H3,(H,24,25). The number of carbonyl (C=O) groups excluding carboxylic acids is 1. The molecule has 2 aromatic carbocycles. The van der Waals surface area contributed by atoms with E-state index in [-0.39, 0.29) is 6.04 Å². The molecule has 1 N–H and O–H groups in total. The summed E-state index contributed by atoms with van der Waals surface area (Å²) in [6.07, 6.45) is 0. The van der Waals surface area contributed by atoms with Gasteiger partial charge in [0.15, 0.2) is 0 Å². The Morgan fingerprint density at radius 1 is 0.923 bits per heavy atom. The fourth-order valence-corrected chi connectivity index (χ4v) is 3.10. The van der Waals surface area contributed by atoms with Crippen LogP contribution >= 0.6 is 0 Å². The number of rotatable bonds is 4. The molecule has 0 aliphatic carbocycles. The average molecular weight is 354 g/mol. The molecule has 0 radical (unpaired) electrons. The third-order valence-electron chi connectivity index (χ3n) is 4.67. The molecule has 6 nitrogen and oxygen atoms in total. The number of hydrogen-bond acceptors (Lipinski definition) is 4. The van der Waals surface area contributed by atoms with E-state index >= 15 is 0 Å². The van der Waals surface area contributed by atoms with Crippen LogP contribution in [0.25, 0.3) is 0 Å². The quantitative estimate of drug-likeness (QED) is 0.855. The van der Waals surface area contributed by atoms with Gasteiger partial charge in [-0.25, -0.2) is 4.79 Å². The van der Waals surface area contributed by atoms with E-state index in [1.807, 2.05) is 54.6 Å². The van der Waals surface area contributed by atoms with Gasteiger partial charge < -0.3 is 14.7 Å². The van der Waals surface area contributed by atoms with Gasteiger partial charge in [-0.15, -0.1) is 0 Å². The van der Waals surface area contributed by atoms with Crippen LogP contribution in [0.2, 0.25) is 0 Å². The van der Waals surface area contributed by atoms with Gasteiger partial charge in [-0.05, 0) is 36.8 Å². The van der Waals surface area contributed by atoms with E-state index in [4.69, 9.17) is 9.84 Å². The van der Waals surface area contributed by atoms with Gasteiger partial charge in [0.25, 0.3) is 0 Å². The molecule has 136 valence electrons. The summed E-state index contributed by atoms with van der Waals surface area (Å²) in [5, 5.41) is 8.80. The fourth-order valence-electron chi connectivity index (χ4n) is 3.10. The van der Waals surface area contributed by atoms with Gasteiger partial charge in [-0.2, -0.15) is 0 Å². The maximum Gasteiger partial charge on any atom is 0.394 e. The Hall–Kier alpha value is -2.86. The van der Waals surface area contributed by atoms with Crippen molar-refractivity contribution in [1.29, 1.82) is 0 Å². The number of ether oxygens (including phenoxy) is 1. The molecular formula is C20H22N2O4. The largest absolute Gasteiger partial charge is 0.474 e. The number of aliphatic carboxylic acids is 1. The molecule has 0 bridgehead atoms. The summed E-state index contributed by atoms with van der Waals surface area (Å²) in [6.45, 7) is 4.29. The normalized spacial score (nSPS) is 16.1. The van der Waals surface area contributed by atoms with Crippen molar-refractivity contribution in [3.8, 4) is 11.5 Å². The van der Waals surface area contributed by atoms with Crippen LogP contribution in [0.3, 0.4) is 0 Å². The molecule has 2 aromatic rings. The van der Waals surface area contributed by atoms with Crippen LogP contribution in [0.5, 0.6) is 11.5 Å². The molecule has 1 aliphatic heterocycles. The minimum atomic E-state index is -1.39. The second-order valence-electron chi connectivity index (χ2n) is 6.29. The zero-order chi connectivity index (χ0) is 18.5. The van der Waals surface area contributed by atoms with Gasteiger partial charge >= 0.3 is 11.9 Å². The number of carboxylic acids is 1. The van der Waals surface area contributed by atoms with E-state index in [0.717, 1.165) is 17.1 Å². The van der Waals surface area contributed by atoms with Gasteiger partial charge in [0.05, 0.1) is 0 Å². The number of piperazine rings is 1. The summed E-state index contributed by atoms with van der Waals surface area (Å²) < 4.78 is 5.81. The molecule has 1 amide bonds. The molecular weight excluding hydrogens is 332 g/mol. The Morgan fingerprint density at radius 2 is 1.50 bits per heavy atom. The lowest BCUT2D eigenvalue weighted by Crippen LogP contribution is -2.51. The predicted molar refractivity (Wildman–Crippen MR) is 97.2 cm³/mol. The molecule has 1 heterocycles. The van der Waals surface area contributed by atoms with Crippen molar-refractivity contribution in [2.45, 2.75) is 13.0 Å². The van der Waals surface area contributed by atoms with E-state index in [9.17, 15) is 9.59 Å². The molecule has 1 aliphatic rings. The van der Waals surface area contributed by atoms with Crippen molar-refractivity contribution in [1.82, 2.24) is 9.80 Å². The van der Waals surface area contributed by atoms with Gasteiger partial charge in [0.2, 0.25) is 0 Å². The number of para-hydroxylation sites is 1. The van der Waals surface area contributed by atoms with E-state index in [2.05, 4.69) is 11.8 Å². The SMILES string of the molecule is CC(c1ccc(Oc2ccccc2)cc1)N1CCN(C(=O)C(=O)O)CC1. The Labute approximate surface area is 152 Å². The Balaban J connectivity index is 1.58. The van der Waals surface area contributed by atoms with Crippen LogP contribution in [0.1, 0.15) is 18.5 Å². The van der Waals surface area contributed by atoms with Gasteiger partial charge in [0.1, 0.15) is 11.5 Å². The van der Waals surface area contributed by atoms with Crippen LogP contribution < -0.4 is 4.74 Å². The lowest BCUT2D eigenvalue weighted by molar-refractivity contribution is -0.157. The first-order chi connectivity index (χ1) is 12.5. The molecule has 1 unspecified atom stereocenters. The topological polar surface area (TPSA) is 70.1 Å². The second kappa shape index (κ2) is 8.01. The molecule has 1 saturated heterocycles. The van der Waals surface area contributed by atoms with Crippen LogP contribution in [0.4, 0.5) is 0 Å². The molecule has 6 heteroatoms. The highest BCUT2D eigenvalue weighted by molar-refractivity contribution is 6.31. The summed E-state index contributed by atoms with van der Waals surface area (Å²) in [7, 11) is 0. The van der Waals surface area contributed by atoms with Crippen molar-refractivity contribution in [3.63, 3.8) is 0 Å². The van der Waals surface area contributed by atoms with Crippen LogP contribution in [-0.2, 0) is 9.59 Å². The first-order valence-corrected chi connectivity index (χ1v) is 8.63. The highest BCUT2D eigenvalue weighted by Gasteiger charge is 2.27. The maximum atomic E-state index is 11.5. The maximum absolute atomic E-state index is 11.5. The third-order valence-corrected chi connectivity index (χ3v) is 4.67. The number of benzene rings is 2. The van der Waals surface area contributed by atoms with Crippen LogP contribution in [0, 0.1) is 0 Å². The first-order valence-electron chi connectivity index (χ1n) is 8.63. The molecule has 0 saturated carbocycles. The van der Waals surface area contributed by atoms with Crippen LogP contribution in [0.15, 0.2) is 54.6 Å². The van der Waals surface area contributed by atoms with Crippen molar-refractivity contribution < 1.29 is 19.4 Å². The van der Waals surface area contributed by atoms with Gasteiger partial charge in [0, 0.05) is 32.2 Å². The highest BCUT2D eigenvalue weighted by Crippen LogP contribution is 2.26. The zero-order valence-corrected chi connectivity index (χ0v) is 14.7. The molecule has 3 rings (SSSR count). The lowest BCUT2D eigenvalue weighted by Gasteiger charge is -2.37. The second-order valence-corrected chi connectivity index (χ2v) is 6.29. The Kier molecular flexibility index (Phi) is 5.53. The van der Waals surface area contributed by atoms with Gasteiger partial charge in [-0.3, -0.25) is 9.69 Å². The zero-order valence-electron chi connectivity index (χ0n) is 14.7. The number of hydrogen-bond donors (Lipinski definition) is 1. The minimum Gasteiger partial charge on any atom is -0.474 e. The fraction of sp³-hybridized carbons (Fsp3) is 0.300. The summed E-state index contributed by atoms with van der Waals surface area (Å²) in [6, 6.07) is 17.8. The molecule has 26 heavy (non-hydrogen) atoms.